The average Bonchev–Trinajstić information content (AvgIpc) is 3.48. The van der Waals surface area contributed by atoms with Crippen LogP contribution in [0.2, 0.25) is 0 Å². The Balaban J connectivity index is 0.989. The van der Waals surface area contributed by atoms with Crippen LogP contribution in [0.5, 0.6) is 0 Å². The third-order valence-corrected chi connectivity index (χ3v) is 21.5. The van der Waals surface area contributed by atoms with Crippen LogP contribution < -0.4 is 0 Å². The van der Waals surface area contributed by atoms with Crippen LogP contribution in [0.25, 0.3) is 0 Å². The van der Waals surface area contributed by atoms with Crippen molar-refractivity contribution in [2.45, 2.75) is 235 Å². The summed E-state index contributed by atoms with van der Waals surface area (Å²) in [6.07, 6.45) is -24.3. The largest absolute Gasteiger partial charge is 0.432 e. The Morgan fingerprint density at radius 1 is 0.592 bits per heavy atom. The summed E-state index contributed by atoms with van der Waals surface area (Å²) in [4.78, 5) is 14.8. The summed E-state index contributed by atoms with van der Waals surface area (Å²) in [5, 5.41) is 150. The average molecular weight is 1090 g/mol. The highest BCUT2D eigenvalue weighted by molar-refractivity contribution is 5.79. The number of hydrogen-bond acceptors (Lipinski definition) is 23. The van der Waals surface area contributed by atoms with E-state index in [4.69, 9.17) is 37.9 Å². The van der Waals surface area contributed by atoms with Gasteiger partial charge in [0, 0.05) is 5.92 Å². The molecule has 436 valence electrons. The summed E-state index contributed by atoms with van der Waals surface area (Å²) < 4.78 is 48.6. The lowest BCUT2D eigenvalue weighted by molar-refractivity contribution is -0.389. The third-order valence-electron chi connectivity index (χ3n) is 21.5. The van der Waals surface area contributed by atoms with Gasteiger partial charge in [0.25, 0.3) is 0 Å². The maximum Gasteiger partial charge on any atom is 0.315 e. The van der Waals surface area contributed by atoms with Crippen molar-refractivity contribution in [2.24, 2.45) is 50.7 Å². The van der Waals surface area contributed by atoms with Gasteiger partial charge in [-0.3, -0.25) is 4.79 Å². The van der Waals surface area contributed by atoms with E-state index >= 15 is 0 Å². The number of ether oxygens (including phenoxy) is 8. The van der Waals surface area contributed by atoms with E-state index < -0.39 is 183 Å². The molecule has 76 heavy (non-hydrogen) atoms. The van der Waals surface area contributed by atoms with E-state index in [1.165, 1.54) is 0 Å². The Morgan fingerprint density at radius 3 is 1.67 bits per heavy atom. The lowest BCUT2D eigenvalue weighted by Gasteiger charge is -2.72. The number of carbonyl (C=O) groups excluding carboxylic acids is 1. The molecular weight excluding hydrogens is 1000 g/mol. The Bertz CT molecular complexity index is 2090. The van der Waals surface area contributed by atoms with Crippen molar-refractivity contribution in [1.29, 1.82) is 0 Å². The van der Waals surface area contributed by atoms with Gasteiger partial charge in [0.05, 0.1) is 43.5 Å². The van der Waals surface area contributed by atoms with Gasteiger partial charge in [-0.1, -0.05) is 53.2 Å². The van der Waals surface area contributed by atoms with Crippen LogP contribution in [0, 0.1) is 50.7 Å². The van der Waals surface area contributed by atoms with Crippen molar-refractivity contribution >= 4 is 5.97 Å². The quantitative estimate of drug-likeness (QED) is 0.0581. The number of fused-ring (bicyclic) bond motifs is 7. The zero-order valence-electron chi connectivity index (χ0n) is 44.6. The number of aliphatic hydroxyl groups is 14. The first-order chi connectivity index (χ1) is 35.6. The first-order valence-corrected chi connectivity index (χ1v) is 27.4. The number of aliphatic hydroxyl groups excluding tert-OH is 13. The fraction of sp³-hybridized carbons (Fsp3) is 0.943. The van der Waals surface area contributed by atoms with E-state index in [1.54, 1.807) is 6.92 Å². The van der Waals surface area contributed by atoms with Crippen LogP contribution in [0.1, 0.15) is 106 Å². The molecule has 4 saturated carbocycles. The topological polar surface area (TPSA) is 374 Å². The Morgan fingerprint density at radius 2 is 1.12 bits per heavy atom. The van der Waals surface area contributed by atoms with E-state index in [0.29, 0.717) is 44.9 Å². The van der Waals surface area contributed by atoms with Gasteiger partial charge in [-0.25, -0.2) is 0 Å². The van der Waals surface area contributed by atoms with Crippen LogP contribution in [-0.4, -0.2) is 232 Å². The van der Waals surface area contributed by atoms with Crippen LogP contribution in [0.4, 0.5) is 0 Å². The SMILES string of the molecule is C[C@@H]1CC[C@]2(C(=O)O[C@@H]3O[C@H](CO)[C@@H](O)[C@H](O)[C@H]3O)CC[C@]3(C)C(=CC[C@@H]4[C@@]5(C)CC[C@H](O[C@@H]6OC[C@H](O)[C@H](O[C@@H]7O[C@H](CO)[C@@H](O)[C@H](O)[C@H]7O)[C@H]6O[C@@H]6O[C@H](CO)[C@@H](O)[C@H](O)[C@H]6O)C(C)(C)[C@@H]5CC[C@]43C)[C@@H]2[C@]1(C)O. The maximum absolute atomic E-state index is 14.8. The molecule has 0 radical (unpaired) electrons. The zero-order valence-corrected chi connectivity index (χ0v) is 44.6. The van der Waals surface area contributed by atoms with Crippen molar-refractivity contribution in [3.05, 3.63) is 11.6 Å². The molecule has 4 heterocycles. The summed E-state index contributed by atoms with van der Waals surface area (Å²) in [5.74, 6) is -1.39. The summed E-state index contributed by atoms with van der Waals surface area (Å²) in [7, 11) is 0. The Labute approximate surface area is 442 Å². The predicted octanol–water partition coefficient (Wildman–Crippen LogP) is -2.43. The normalized spacial score (nSPS) is 55.2. The Hall–Kier alpha value is -1.63. The molecule has 9 rings (SSSR count). The lowest BCUT2D eigenvalue weighted by Crippen LogP contribution is -2.68. The van der Waals surface area contributed by atoms with Crippen molar-refractivity contribution < 1.29 is 114 Å². The van der Waals surface area contributed by atoms with E-state index in [2.05, 4.69) is 40.7 Å². The van der Waals surface area contributed by atoms with Crippen LogP contribution >= 0.6 is 0 Å². The Kier molecular flexibility index (Phi) is 16.5. The summed E-state index contributed by atoms with van der Waals surface area (Å²) in [6, 6.07) is 0. The summed E-state index contributed by atoms with van der Waals surface area (Å²) in [5.41, 5.74) is -3.28. The number of rotatable bonds is 11. The molecule has 23 nitrogen and oxygen atoms in total. The van der Waals surface area contributed by atoms with Gasteiger partial charge < -0.3 is 109 Å². The van der Waals surface area contributed by atoms with Gasteiger partial charge in [-0.2, -0.15) is 0 Å². The number of allylic oxidation sites excluding steroid dienone is 1. The van der Waals surface area contributed by atoms with Crippen molar-refractivity contribution in [1.82, 2.24) is 0 Å². The maximum atomic E-state index is 14.8. The van der Waals surface area contributed by atoms with Gasteiger partial charge in [0.1, 0.15) is 91.6 Å². The molecule has 0 aromatic heterocycles. The van der Waals surface area contributed by atoms with E-state index in [-0.39, 0.29) is 28.6 Å². The first-order valence-electron chi connectivity index (χ1n) is 27.4. The molecule has 4 aliphatic heterocycles. The van der Waals surface area contributed by atoms with Gasteiger partial charge in [0.2, 0.25) is 6.29 Å². The van der Waals surface area contributed by atoms with E-state index in [9.17, 15) is 76.3 Å². The molecule has 23 heteroatoms. The van der Waals surface area contributed by atoms with Crippen LogP contribution in [0.3, 0.4) is 0 Å². The van der Waals surface area contributed by atoms with Crippen LogP contribution in [0.15, 0.2) is 11.6 Å². The number of hydrogen-bond donors (Lipinski definition) is 14. The molecule has 0 spiro atoms. The molecule has 0 bridgehead atoms. The molecule has 4 saturated heterocycles. The van der Waals surface area contributed by atoms with E-state index in [1.807, 2.05) is 6.92 Å². The van der Waals surface area contributed by atoms with Crippen molar-refractivity contribution in [3.8, 4) is 0 Å². The first kappa shape index (κ1) is 59.0. The standard InChI is InChI=1S/C53H86O23/c1-22-10-15-53(47(67)76-45-39(66)36(63)33(60)27(20-56)72-45)17-16-50(5)23(42(53)52(22,7)68)8-9-29-49(4)13-12-30(48(2,3)28(49)11-14-51(29,50)6)73-46-41(75-44-38(65)35(62)32(59)26(19-55)71-44)40(24(57)21-69-46)74-43-37(64)34(61)31(58)25(18-54)70-43/h8,22,24-46,54-66,68H,9-21H2,1-7H3/t22-,24+,25-,26-,27-,28+,29-,30+,31-,32-,33-,34+,35+,36+,37-,38-,39-,40+,41-,42-,43+,44+,45+,46+,49+,50-,51-,52-,53+/m1/s1. The highest BCUT2D eigenvalue weighted by atomic mass is 16.8. The molecule has 0 aromatic rings. The molecule has 14 N–H and O–H groups in total. The molecule has 8 fully saturated rings. The number of esters is 1. The molecule has 0 unspecified atom stereocenters. The van der Waals surface area contributed by atoms with Crippen molar-refractivity contribution in [2.75, 3.05) is 26.4 Å². The second-order valence-electron chi connectivity index (χ2n) is 25.5. The highest BCUT2D eigenvalue weighted by Crippen LogP contribution is 2.76. The second kappa shape index (κ2) is 21.3. The van der Waals surface area contributed by atoms with Gasteiger partial charge in [-0.15, -0.1) is 0 Å². The molecule has 0 amide bonds. The minimum absolute atomic E-state index is 0.0459. The van der Waals surface area contributed by atoms with Gasteiger partial charge >= 0.3 is 5.97 Å². The van der Waals surface area contributed by atoms with Gasteiger partial charge in [0.15, 0.2) is 18.9 Å². The minimum Gasteiger partial charge on any atom is -0.432 e. The van der Waals surface area contributed by atoms with Crippen LogP contribution in [-0.2, 0) is 42.7 Å². The van der Waals surface area contributed by atoms with E-state index in [0.717, 1.165) is 18.4 Å². The second-order valence-corrected chi connectivity index (χ2v) is 25.5. The molecule has 9 aliphatic rings. The fourth-order valence-electron chi connectivity index (χ4n) is 16.5. The molecule has 0 aromatic carbocycles. The van der Waals surface area contributed by atoms with Crippen molar-refractivity contribution in [3.63, 3.8) is 0 Å². The molecule has 5 aliphatic carbocycles. The molecular formula is C53H86O23. The monoisotopic (exact) mass is 1090 g/mol. The predicted molar refractivity (Wildman–Crippen MR) is 258 cm³/mol. The number of carbonyl (C=O) groups is 1. The minimum atomic E-state index is -1.89. The lowest BCUT2D eigenvalue weighted by atomic mass is 9.33. The zero-order chi connectivity index (χ0) is 55.6. The third kappa shape index (κ3) is 9.18. The summed E-state index contributed by atoms with van der Waals surface area (Å²) >= 11 is 0. The fourth-order valence-corrected chi connectivity index (χ4v) is 16.5. The molecule has 29 atom stereocenters. The smallest absolute Gasteiger partial charge is 0.315 e. The van der Waals surface area contributed by atoms with Gasteiger partial charge in [-0.05, 0) is 104 Å². The highest BCUT2D eigenvalue weighted by Gasteiger charge is 2.72. The summed E-state index contributed by atoms with van der Waals surface area (Å²) in [6.45, 7) is 12.4.